The third kappa shape index (κ3) is 2.20. The van der Waals surface area contributed by atoms with Gasteiger partial charge in [0.1, 0.15) is 5.52 Å². The van der Waals surface area contributed by atoms with Crippen molar-refractivity contribution in [2.24, 2.45) is 0 Å². The Morgan fingerprint density at radius 2 is 2.25 bits per heavy atom. The van der Waals surface area contributed by atoms with E-state index in [0.717, 1.165) is 17.6 Å². The number of oxazole rings is 1. The van der Waals surface area contributed by atoms with Gasteiger partial charge in [-0.25, -0.2) is 4.98 Å². The molecular weight excluding hydrogens is 224 g/mol. The van der Waals surface area contributed by atoms with Crippen molar-refractivity contribution in [2.75, 3.05) is 12.5 Å². The van der Waals surface area contributed by atoms with Crippen molar-refractivity contribution in [3.63, 3.8) is 0 Å². The minimum absolute atomic E-state index is 0.0237. The molecule has 0 amide bonds. The van der Waals surface area contributed by atoms with E-state index in [9.17, 15) is 0 Å². The molecule has 0 saturated heterocycles. The van der Waals surface area contributed by atoms with Crippen molar-refractivity contribution in [1.29, 1.82) is 0 Å². The zero-order valence-electron chi connectivity index (χ0n) is 9.46. The van der Waals surface area contributed by atoms with E-state index in [2.05, 4.69) is 30.2 Å². The van der Waals surface area contributed by atoms with E-state index < -0.39 is 0 Å². The fourth-order valence-electron chi connectivity index (χ4n) is 1.74. The Morgan fingerprint density at radius 3 is 3.00 bits per heavy atom. The number of aromatic nitrogens is 1. The Morgan fingerprint density at radius 1 is 1.44 bits per heavy atom. The topological polar surface area (TPSA) is 38.1 Å². The third-order valence-corrected chi connectivity index (χ3v) is 2.96. The lowest BCUT2D eigenvalue weighted by Crippen LogP contribution is -2.32. The van der Waals surface area contributed by atoms with E-state index in [1.165, 1.54) is 12.0 Å². The summed E-state index contributed by atoms with van der Waals surface area (Å²) < 4.78 is 5.30. The molecule has 3 nitrogen and oxygen atoms in total. The summed E-state index contributed by atoms with van der Waals surface area (Å²) in [5.74, 6) is 0. The van der Waals surface area contributed by atoms with Crippen LogP contribution in [0.1, 0.15) is 19.4 Å². The summed E-state index contributed by atoms with van der Waals surface area (Å²) >= 11 is 5.63. The monoisotopic (exact) mass is 238 g/mol. The number of halogens is 1. The second-order valence-corrected chi connectivity index (χ2v) is 4.75. The average molecular weight is 239 g/mol. The third-order valence-electron chi connectivity index (χ3n) is 2.77. The van der Waals surface area contributed by atoms with Gasteiger partial charge in [-0.3, -0.25) is 0 Å². The molecule has 1 heterocycles. The maximum atomic E-state index is 5.63. The summed E-state index contributed by atoms with van der Waals surface area (Å²) in [4.78, 5) is 4.10. The van der Waals surface area contributed by atoms with Gasteiger partial charge in [-0.2, -0.15) is 0 Å². The second-order valence-electron chi connectivity index (χ2n) is 4.48. The number of hydrogen-bond donors (Lipinski definition) is 1. The van der Waals surface area contributed by atoms with Gasteiger partial charge in [-0.05, 0) is 17.7 Å². The number of nitrogens with one attached hydrogen (secondary N) is 1. The molecule has 1 N–H and O–H groups in total. The number of hydrogen-bond acceptors (Lipinski definition) is 3. The Labute approximate surface area is 99.8 Å². The van der Waals surface area contributed by atoms with E-state index in [0.29, 0.717) is 6.00 Å². The van der Waals surface area contributed by atoms with Gasteiger partial charge in [-0.1, -0.05) is 19.9 Å². The van der Waals surface area contributed by atoms with Gasteiger partial charge >= 0.3 is 0 Å². The maximum absolute atomic E-state index is 5.63. The highest BCUT2D eigenvalue weighted by Crippen LogP contribution is 2.25. The minimum Gasteiger partial charge on any atom is -0.443 e. The number of nitrogens with zero attached hydrogens (tertiary/aromatic N) is 1. The summed E-state index contributed by atoms with van der Waals surface area (Å²) in [7, 11) is 0. The summed E-state index contributed by atoms with van der Waals surface area (Å²) in [6, 6.07) is 6.57. The molecule has 86 valence electrons. The van der Waals surface area contributed by atoms with Crippen LogP contribution in [0, 0.1) is 0 Å². The predicted octanol–water partition coefficient (Wildman–Crippen LogP) is 2.89. The van der Waals surface area contributed by atoms with Crippen molar-refractivity contribution < 1.29 is 4.42 Å². The van der Waals surface area contributed by atoms with Gasteiger partial charge in [0, 0.05) is 12.0 Å². The van der Waals surface area contributed by atoms with Crippen LogP contribution >= 0.6 is 11.6 Å². The summed E-state index contributed by atoms with van der Waals surface area (Å²) in [6.45, 7) is 5.17. The average Bonchev–Trinajstić information content (AvgIpc) is 2.73. The molecule has 2 rings (SSSR count). The van der Waals surface area contributed by atoms with E-state index in [1.807, 2.05) is 12.1 Å². The van der Waals surface area contributed by atoms with E-state index >= 15 is 0 Å². The molecule has 0 aliphatic rings. The van der Waals surface area contributed by atoms with Crippen LogP contribution in [0.4, 0.5) is 0 Å². The molecule has 4 heteroatoms. The van der Waals surface area contributed by atoms with Crippen molar-refractivity contribution in [3.8, 4) is 0 Å². The normalized spacial score (nSPS) is 12.2. The summed E-state index contributed by atoms with van der Waals surface area (Å²) in [5.41, 5.74) is 2.96. The van der Waals surface area contributed by atoms with Gasteiger partial charge in [0.25, 0.3) is 0 Å². The predicted molar refractivity (Wildman–Crippen MR) is 65.8 cm³/mol. The Bertz CT molecular complexity index is 479. The van der Waals surface area contributed by atoms with Crippen molar-refractivity contribution in [3.05, 3.63) is 30.2 Å². The van der Waals surface area contributed by atoms with Crippen LogP contribution in [-0.4, -0.2) is 17.5 Å². The van der Waals surface area contributed by atoms with Crippen LogP contribution in [0.2, 0.25) is 0 Å². The first-order valence-corrected chi connectivity index (χ1v) is 5.77. The van der Waals surface area contributed by atoms with Crippen LogP contribution in [-0.2, 0) is 5.41 Å². The lowest BCUT2D eigenvalue weighted by Gasteiger charge is -2.25. The largest absolute Gasteiger partial charge is 0.443 e. The zero-order chi connectivity index (χ0) is 11.6. The maximum Gasteiger partial charge on any atom is 0.181 e. The first-order valence-electron chi connectivity index (χ1n) is 5.24. The Hall–Kier alpha value is -1.06. The zero-order valence-corrected chi connectivity index (χ0v) is 10.2. The molecule has 0 aliphatic heterocycles. The summed E-state index contributed by atoms with van der Waals surface area (Å²) in [6.07, 6.45) is 1.47. The smallest absolute Gasteiger partial charge is 0.181 e. The van der Waals surface area contributed by atoms with Crippen molar-refractivity contribution in [2.45, 2.75) is 19.3 Å². The molecule has 0 atom stereocenters. The first-order chi connectivity index (χ1) is 7.63. The molecule has 2 aromatic rings. The van der Waals surface area contributed by atoms with Crippen molar-refractivity contribution in [1.82, 2.24) is 10.3 Å². The Balaban J connectivity index is 2.30. The van der Waals surface area contributed by atoms with Gasteiger partial charge in [0.15, 0.2) is 12.0 Å². The second kappa shape index (κ2) is 4.44. The van der Waals surface area contributed by atoms with Crippen LogP contribution in [0.5, 0.6) is 0 Å². The van der Waals surface area contributed by atoms with E-state index in [-0.39, 0.29) is 5.41 Å². The highest BCUT2D eigenvalue weighted by Gasteiger charge is 2.20. The standard InChI is InChI=1S/C12H15ClN2O/c1-12(2,6-14-7-13)9-3-4-10-11(5-9)16-8-15-10/h3-5,8,14H,6-7H2,1-2H3. The molecule has 16 heavy (non-hydrogen) atoms. The van der Waals surface area contributed by atoms with E-state index in [4.69, 9.17) is 16.0 Å². The van der Waals surface area contributed by atoms with Crippen LogP contribution < -0.4 is 5.32 Å². The number of alkyl halides is 1. The lowest BCUT2D eigenvalue weighted by molar-refractivity contribution is 0.488. The van der Waals surface area contributed by atoms with Gasteiger partial charge in [0.05, 0.1) is 6.00 Å². The first kappa shape index (κ1) is 11.4. The molecule has 0 bridgehead atoms. The SMILES string of the molecule is CC(C)(CNCCl)c1ccc2ncoc2c1. The minimum atomic E-state index is 0.0237. The van der Waals surface area contributed by atoms with Gasteiger partial charge in [-0.15, -0.1) is 11.6 Å². The molecule has 0 fully saturated rings. The highest BCUT2D eigenvalue weighted by molar-refractivity contribution is 6.17. The van der Waals surface area contributed by atoms with Gasteiger partial charge < -0.3 is 9.73 Å². The number of benzene rings is 1. The molecule has 0 radical (unpaired) electrons. The number of fused-ring (bicyclic) bond motifs is 1. The molecule has 1 aromatic heterocycles. The molecule has 0 aliphatic carbocycles. The Kier molecular flexibility index (Phi) is 3.17. The van der Waals surface area contributed by atoms with Crippen LogP contribution in [0.3, 0.4) is 0 Å². The quantitative estimate of drug-likeness (QED) is 0.658. The lowest BCUT2D eigenvalue weighted by atomic mass is 9.84. The molecular formula is C12H15ClN2O. The van der Waals surface area contributed by atoms with Crippen LogP contribution in [0.25, 0.3) is 11.1 Å². The highest BCUT2D eigenvalue weighted by atomic mass is 35.5. The fourth-order valence-corrected chi connectivity index (χ4v) is 1.83. The number of rotatable bonds is 4. The van der Waals surface area contributed by atoms with E-state index in [1.54, 1.807) is 0 Å². The van der Waals surface area contributed by atoms with Crippen LogP contribution in [0.15, 0.2) is 29.0 Å². The molecule has 0 spiro atoms. The fraction of sp³-hybridized carbons (Fsp3) is 0.417. The molecule has 0 saturated carbocycles. The summed E-state index contributed by atoms with van der Waals surface area (Å²) in [5, 5.41) is 3.15. The van der Waals surface area contributed by atoms with Gasteiger partial charge in [0.2, 0.25) is 0 Å². The van der Waals surface area contributed by atoms with Crippen molar-refractivity contribution >= 4 is 22.7 Å². The molecule has 0 unspecified atom stereocenters. The molecule has 1 aromatic carbocycles.